The second kappa shape index (κ2) is 4.94. The Hall–Kier alpha value is -1.39. The Labute approximate surface area is 119 Å². The minimum absolute atomic E-state index is 0.0862. The van der Waals surface area contributed by atoms with Gasteiger partial charge in [-0.15, -0.1) is 11.3 Å². The summed E-state index contributed by atoms with van der Waals surface area (Å²) >= 11 is 7.41. The molecule has 0 bridgehead atoms. The van der Waals surface area contributed by atoms with Crippen molar-refractivity contribution in [3.05, 3.63) is 56.5 Å². The number of fused-ring (bicyclic) bond motifs is 1. The van der Waals surface area contributed by atoms with E-state index in [1.807, 2.05) is 11.4 Å². The smallest absolute Gasteiger partial charge is 0.257 e. The summed E-state index contributed by atoms with van der Waals surface area (Å²) in [7, 11) is 0. The highest BCUT2D eigenvalue weighted by atomic mass is 35.5. The summed E-state index contributed by atoms with van der Waals surface area (Å²) in [5.74, 6) is -0.834. The summed E-state index contributed by atoms with van der Waals surface area (Å²) in [4.78, 5) is 15.3. The zero-order valence-corrected chi connectivity index (χ0v) is 11.6. The number of thiophene rings is 1. The summed E-state index contributed by atoms with van der Waals surface area (Å²) in [6.45, 7) is 1.19. The molecule has 0 spiro atoms. The lowest BCUT2D eigenvalue weighted by atomic mass is 10.1. The number of benzene rings is 1. The van der Waals surface area contributed by atoms with Crippen LogP contribution in [0, 0.1) is 5.82 Å². The number of amides is 1. The van der Waals surface area contributed by atoms with Gasteiger partial charge in [-0.2, -0.15) is 0 Å². The van der Waals surface area contributed by atoms with Gasteiger partial charge in [-0.25, -0.2) is 4.39 Å². The van der Waals surface area contributed by atoms with Crippen LogP contribution in [-0.4, -0.2) is 17.4 Å². The van der Waals surface area contributed by atoms with Gasteiger partial charge in [0.2, 0.25) is 0 Å². The predicted octanol–water partition coefficient (Wildman–Crippen LogP) is 3.74. The van der Waals surface area contributed by atoms with Crippen molar-refractivity contribution in [2.45, 2.75) is 13.0 Å². The summed E-state index contributed by atoms with van der Waals surface area (Å²) in [6.07, 6.45) is 0.841. The van der Waals surface area contributed by atoms with E-state index in [2.05, 4.69) is 0 Å². The molecule has 0 aliphatic carbocycles. The van der Waals surface area contributed by atoms with Gasteiger partial charge < -0.3 is 4.90 Å². The SMILES string of the molecule is O=C(c1ccc(Cl)cc1F)N1CCc2sccc2C1. The molecule has 1 aliphatic heterocycles. The third-order valence-corrected chi connectivity index (χ3v) is 4.51. The first kappa shape index (κ1) is 12.6. The van der Waals surface area contributed by atoms with E-state index in [1.54, 1.807) is 16.2 Å². The summed E-state index contributed by atoms with van der Waals surface area (Å²) < 4.78 is 13.8. The molecule has 98 valence electrons. The van der Waals surface area contributed by atoms with E-state index in [1.165, 1.54) is 28.6 Å². The zero-order valence-electron chi connectivity index (χ0n) is 10.0. The summed E-state index contributed by atoms with van der Waals surface area (Å²) in [6, 6.07) is 6.19. The first-order valence-corrected chi connectivity index (χ1v) is 7.20. The van der Waals surface area contributed by atoms with Gasteiger partial charge >= 0.3 is 0 Å². The van der Waals surface area contributed by atoms with Crippen molar-refractivity contribution in [2.75, 3.05) is 6.54 Å². The van der Waals surface area contributed by atoms with Crippen LogP contribution in [0.15, 0.2) is 29.6 Å². The second-order valence-corrected chi connectivity index (χ2v) is 5.91. The van der Waals surface area contributed by atoms with Crippen LogP contribution in [0.1, 0.15) is 20.8 Å². The highest BCUT2D eigenvalue weighted by molar-refractivity contribution is 7.10. The van der Waals surface area contributed by atoms with E-state index in [0.29, 0.717) is 18.1 Å². The third kappa shape index (κ3) is 2.38. The zero-order chi connectivity index (χ0) is 13.4. The fourth-order valence-electron chi connectivity index (χ4n) is 2.26. The highest BCUT2D eigenvalue weighted by Gasteiger charge is 2.24. The minimum Gasteiger partial charge on any atom is -0.334 e. The first-order valence-electron chi connectivity index (χ1n) is 5.95. The molecule has 2 nitrogen and oxygen atoms in total. The maximum Gasteiger partial charge on any atom is 0.257 e. The first-order chi connectivity index (χ1) is 9.15. The van der Waals surface area contributed by atoms with E-state index >= 15 is 0 Å². The number of hydrogen-bond acceptors (Lipinski definition) is 2. The van der Waals surface area contributed by atoms with Crippen LogP contribution in [0.3, 0.4) is 0 Å². The topological polar surface area (TPSA) is 20.3 Å². The molecule has 19 heavy (non-hydrogen) atoms. The largest absolute Gasteiger partial charge is 0.334 e. The lowest BCUT2D eigenvalue weighted by Gasteiger charge is -2.27. The van der Waals surface area contributed by atoms with E-state index in [-0.39, 0.29) is 11.5 Å². The quantitative estimate of drug-likeness (QED) is 0.785. The molecule has 2 aromatic rings. The molecular weight excluding hydrogens is 285 g/mol. The van der Waals surface area contributed by atoms with Gasteiger partial charge in [0.1, 0.15) is 5.82 Å². The van der Waals surface area contributed by atoms with Gasteiger partial charge in [-0.3, -0.25) is 4.79 Å². The van der Waals surface area contributed by atoms with Crippen LogP contribution in [0.2, 0.25) is 5.02 Å². The van der Waals surface area contributed by atoms with E-state index in [9.17, 15) is 9.18 Å². The molecule has 1 amide bonds. The van der Waals surface area contributed by atoms with Crippen molar-refractivity contribution in [2.24, 2.45) is 0 Å². The van der Waals surface area contributed by atoms with Crippen molar-refractivity contribution in [1.29, 1.82) is 0 Å². The molecule has 0 unspecified atom stereocenters. The maximum absolute atomic E-state index is 13.8. The second-order valence-electron chi connectivity index (χ2n) is 4.47. The molecule has 2 heterocycles. The predicted molar refractivity (Wildman–Crippen MR) is 74.2 cm³/mol. The van der Waals surface area contributed by atoms with Gasteiger partial charge in [0, 0.05) is 23.0 Å². The van der Waals surface area contributed by atoms with Gasteiger partial charge in [0.15, 0.2) is 0 Å². The van der Waals surface area contributed by atoms with Crippen LogP contribution >= 0.6 is 22.9 Å². The van der Waals surface area contributed by atoms with Gasteiger partial charge in [0.25, 0.3) is 5.91 Å². The number of hydrogen-bond donors (Lipinski definition) is 0. The fraction of sp³-hybridized carbons (Fsp3) is 0.214. The summed E-state index contributed by atoms with van der Waals surface area (Å²) in [5, 5.41) is 2.33. The number of rotatable bonds is 1. The normalized spacial score (nSPS) is 14.3. The Morgan fingerprint density at radius 3 is 3.00 bits per heavy atom. The standard InChI is InChI=1S/C14H11ClFNOS/c15-10-1-2-11(12(16)7-10)14(18)17-5-3-13-9(8-17)4-6-19-13/h1-2,4,6-7H,3,5,8H2. The lowest BCUT2D eigenvalue weighted by Crippen LogP contribution is -2.35. The number of halogens is 2. The Balaban J connectivity index is 1.85. The molecule has 0 saturated carbocycles. The number of nitrogens with zero attached hydrogens (tertiary/aromatic N) is 1. The Morgan fingerprint density at radius 2 is 2.21 bits per heavy atom. The molecule has 0 atom stereocenters. The molecular formula is C14H11ClFNOS. The monoisotopic (exact) mass is 295 g/mol. The van der Waals surface area contributed by atoms with Gasteiger partial charge in [0.05, 0.1) is 5.56 Å². The molecule has 5 heteroatoms. The van der Waals surface area contributed by atoms with Crippen molar-refractivity contribution < 1.29 is 9.18 Å². The minimum atomic E-state index is -0.561. The average molecular weight is 296 g/mol. The van der Waals surface area contributed by atoms with E-state index in [0.717, 1.165) is 6.42 Å². The van der Waals surface area contributed by atoms with Crippen LogP contribution in [-0.2, 0) is 13.0 Å². The fourth-order valence-corrected chi connectivity index (χ4v) is 3.30. The maximum atomic E-state index is 13.8. The molecule has 0 radical (unpaired) electrons. The van der Waals surface area contributed by atoms with Crippen LogP contribution in [0.5, 0.6) is 0 Å². The Kier molecular flexibility index (Phi) is 3.29. The van der Waals surface area contributed by atoms with Gasteiger partial charge in [-0.1, -0.05) is 11.6 Å². The molecule has 1 aliphatic rings. The third-order valence-electron chi connectivity index (χ3n) is 3.26. The van der Waals surface area contributed by atoms with Crippen LogP contribution in [0.4, 0.5) is 4.39 Å². The number of carbonyl (C=O) groups is 1. The molecule has 0 fully saturated rings. The number of carbonyl (C=O) groups excluding carboxylic acids is 1. The lowest BCUT2D eigenvalue weighted by molar-refractivity contribution is 0.0731. The van der Waals surface area contributed by atoms with Crippen molar-refractivity contribution in [3.8, 4) is 0 Å². The van der Waals surface area contributed by atoms with Crippen molar-refractivity contribution in [1.82, 2.24) is 4.90 Å². The molecule has 0 saturated heterocycles. The van der Waals surface area contributed by atoms with Crippen LogP contribution < -0.4 is 0 Å². The van der Waals surface area contributed by atoms with Crippen molar-refractivity contribution >= 4 is 28.8 Å². The summed E-state index contributed by atoms with van der Waals surface area (Å²) in [5.41, 5.74) is 1.25. The Bertz CT molecular complexity index is 640. The molecule has 1 aromatic heterocycles. The molecule has 0 N–H and O–H groups in total. The molecule has 1 aromatic carbocycles. The van der Waals surface area contributed by atoms with E-state index < -0.39 is 5.82 Å². The Morgan fingerprint density at radius 1 is 1.37 bits per heavy atom. The average Bonchev–Trinajstić information content (AvgIpc) is 2.85. The van der Waals surface area contributed by atoms with Crippen LogP contribution in [0.25, 0.3) is 0 Å². The van der Waals surface area contributed by atoms with Crippen molar-refractivity contribution in [3.63, 3.8) is 0 Å². The van der Waals surface area contributed by atoms with Gasteiger partial charge in [-0.05, 0) is 41.6 Å². The van der Waals surface area contributed by atoms with E-state index in [4.69, 9.17) is 11.6 Å². The highest BCUT2D eigenvalue weighted by Crippen LogP contribution is 2.25. The molecule has 3 rings (SSSR count).